The van der Waals surface area contributed by atoms with Gasteiger partial charge in [0.15, 0.2) is 0 Å². The highest BCUT2D eigenvalue weighted by Crippen LogP contribution is 2.38. The van der Waals surface area contributed by atoms with Gasteiger partial charge in [-0.2, -0.15) is 0 Å². The van der Waals surface area contributed by atoms with E-state index in [4.69, 9.17) is 33.2 Å². The normalized spacial score (nSPS) is 38.9. The Morgan fingerprint density at radius 2 is 1.62 bits per heavy atom. The largest absolute Gasteiger partial charge is 0.460 e. The van der Waals surface area contributed by atoms with Gasteiger partial charge in [-0.15, -0.1) is 0 Å². The number of fused-ring (bicyclic) bond motifs is 3. The Balaban J connectivity index is 1.47. The Bertz CT molecular complexity index is 1930. The molecule has 3 N–H and O–H groups in total. The molecule has 2 bridgehead atoms. The lowest BCUT2D eigenvalue weighted by molar-refractivity contribution is -0.266. The summed E-state index contributed by atoms with van der Waals surface area (Å²) in [7, 11) is 3.19. The average molecular weight is 1010 g/mol. The number of Topliss-reactive ketones (excluding diaryl/α,β-unsaturated/α-hetero) is 2. The number of ketones is 2. The maximum atomic E-state index is 14.6. The van der Waals surface area contributed by atoms with Crippen molar-refractivity contribution >= 4 is 23.4 Å². The quantitative estimate of drug-likeness (QED) is 0.107. The molecule has 3 saturated heterocycles. The van der Waals surface area contributed by atoms with E-state index in [0.717, 1.165) is 24.0 Å². The van der Waals surface area contributed by atoms with Crippen LogP contribution in [0.4, 0.5) is 0 Å². The van der Waals surface area contributed by atoms with E-state index in [1.165, 1.54) is 4.90 Å². The number of ether oxygens (including phenoxy) is 7. The summed E-state index contributed by atoms with van der Waals surface area (Å²) in [5.74, 6) is -6.62. The molecule has 5 rings (SSSR count). The van der Waals surface area contributed by atoms with Gasteiger partial charge in [0.25, 0.3) is 11.7 Å². The van der Waals surface area contributed by atoms with Crippen molar-refractivity contribution in [3.8, 4) is 0 Å². The number of carbonyl (C=O) groups excluding carboxylic acids is 4. The summed E-state index contributed by atoms with van der Waals surface area (Å²) in [5, 5.41) is 33.2. The first kappa shape index (κ1) is 59.5. The molecule has 5 aliphatic rings. The molecule has 1 amide bonds. The zero-order chi connectivity index (χ0) is 52.7. The third-order valence-electron chi connectivity index (χ3n) is 16.1. The van der Waals surface area contributed by atoms with Gasteiger partial charge in [-0.25, -0.2) is 4.79 Å². The topological polar surface area (TPSA) is 197 Å². The van der Waals surface area contributed by atoms with Crippen molar-refractivity contribution < 1.29 is 67.7 Å². The molecule has 4 heterocycles. The Hall–Kier alpha value is -3.38. The van der Waals surface area contributed by atoms with E-state index in [1.54, 1.807) is 41.1 Å². The molecule has 15 nitrogen and oxygen atoms in total. The molecule has 4 fully saturated rings. The monoisotopic (exact) mass is 1010 g/mol. The van der Waals surface area contributed by atoms with Gasteiger partial charge in [-0.1, -0.05) is 77.7 Å². The number of nitrogens with zero attached hydrogens (tertiary/aromatic N) is 1. The number of hydrogen-bond donors (Lipinski definition) is 3. The number of amides is 1. The fourth-order valence-electron chi connectivity index (χ4n) is 11.2. The molecule has 0 aromatic heterocycles. The van der Waals surface area contributed by atoms with Gasteiger partial charge < -0.3 is 53.4 Å². The summed E-state index contributed by atoms with van der Waals surface area (Å²) < 4.78 is 42.1. The summed E-state index contributed by atoms with van der Waals surface area (Å²) in [4.78, 5) is 59.0. The lowest BCUT2D eigenvalue weighted by Gasteiger charge is -2.43. The summed E-state index contributed by atoms with van der Waals surface area (Å²) in [6, 6.07) is -1.13. The number of aliphatic hydroxyl groups is 3. The van der Waals surface area contributed by atoms with Crippen LogP contribution in [0.3, 0.4) is 0 Å². The lowest BCUT2D eigenvalue weighted by Crippen LogP contribution is -2.61. The lowest BCUT2D eigenvalue weighted by atomic mass is 9.78. The SMILES string of the molecule is C=C1[C@H](C)C[C@H](C)/C=C/C=C/C=C(\C)C(OCC2COC2)C[C@@H]2CC[C@@H](C)[C@@](O)(O2)C(=O)C(=O)N2CCCCC2C(=O)O[C@H]([C@H](C)C[C@@H]2CC[C@@H](OCCO)[C@H](OC)C2)CC(=O)[C@H](C)/C=C(\C)[C@@H](O)[C@H]1OC. The minimum absolute atomic E-state index is 0.00946. The van der Waals surface area contributed by atoms with E-state index in [1.807, 2.05) is 38.2 Å². The van der Waals surface area contributed by atoms with Crippen LogP contribution in [0, 0.1) is 41.4 Å². The third-order valence-corrected chi connectivity index (χ3v) is 16.1. The molecule has 72 heavy (non-hydrogen) atoms. The molecule has 0 radical (unpaired) electrons. The van der Waals surface area contributed by atoms with Crippen molar-refractivity contribution in [1.29, 1.82) is 0 Å². The highest BCUT2D eigenvalue weighted by atomic mass is 16.6. The number of aliphatic hydroxyl groups excluding tert-OH is 2. The maximum absolute atomic E-state index is 14.6. The van der Waals surface area contributed by atoms with Crippen LogP contribution in [-0.2, 0) is 52.3 Å². The molecular formula is C57H89NO14. The molecule has 1 aliphatic carbocycles. The predicted octanol–water partition coefficient (Wildman–Crippen LogP) is 7.20. The number of carbonyl (C=O) groups is 4. The number of methoxy groups -OCH3 is 2. The van der Waals surface area contributed by atoms with Gasteiger partial charge in [0.1, 0.15) is 30.1 Å². The fourth-order valence-corrected chi connectivity index (χ4v) is 11.2. The van der Waals surface area contributed by atoms with Crippen molar-refractivity contribution in [3.63, 3.8) is 0 Å². The highest BCUT2D eigenvalue weighted by Gasteiger charge is 2.53. The number of cyclic esters (lactones) is 1. The van der Waals surface area contributed by atoms with E-state index in [9.17, 15) is 34.5 Å². The van der Waals surface area contributed by atoms with Crippen LogP contribution in [0.2, 0.25) is 0 Å². The zero-order valence-corrected chi connectivity index (χ0v) is 44.8. The Morgan fingerprint density at radius 1 is 0.875 bits per heavy atom. The number of esters is 1. The van der Waals surface area contributed by atoms with Crippen LogP contribution in [0.5, 0.6) is 0 Å². The summed E-state index contributed by atoms with van der Waals surface area (Å²) in [5.41, 5.74) is 2.22. The first-order chi connectivity index (χ1) is 34.3. The molecule has 406 valence electrons. The van der Waals surface area contributed by atoms with Crippen LogP contribution in [0.25, 0.3) is 0 Å². The smallest absolute Gasteiger partial charge is 0.329 e. The molecule has 15 heteroatoms. The van der Waals surface area contributed by atoms with Crippen molar-refractivity contribution in [1.82, 2.24) is 4.90 Å². The Kier molecular flexibility index (Phi) is 23.5. The second-order valence-electron chi connectivity index (χ2n) is 21.8. The van der Waals surface area contributed by atoms with E-state index in [2.05, 4.69) is 26.5 Å². The summed E-state index contributed by atoms with van der Waals surface area (Å²) in [6.07, 6.45) is 13.7. The summed E-state index contributed by atoms with van der Waals surface area (Å²) >= 11 is 0. The number of allylic oxidation sites excluding steroid dienone is 6. The van der Waals surface area contributed by atoms with Crippen molar-refractivity contribution in [2.75, 3.05) is 53.8 Å². The van der Waals surface area contributed by atoms with Crippen LogP contribution in [-0.4, -0.2) is 152 Å². The second-order valence-corrected chi connectivity index (χ2v) is 21.8. The number of hydrogen-bond acceptors (Lipinski definition) is 14. The standard InChI is InChI=1S/C57H89NO14/c1-35-16-12-11-13-17-36(2)49(70-34-44-32-68-33-44)30-45-21-19-41(7)57(65,72-45)54(62)55(63)58-23-15-14-18-46(58)56(64)71-50(39(5)28-43-20-22-48(69-25-24-59)51(29-43)66-9)31-47(60)38(4)27-40(6)52(61)53(67-10)42(8)37(3)26-35/h11-13,16-17,27,35,37-39,41,43-46,48-53,59,61,65H,8,14-15,18-26,28-34H2,1-7,9-10H3/b13-11+,16-12+,36-17+,40-27+/t35-,37-,38-,39-,41-,43+,45+,46?,48-,49?,50+,51-,52-,53+,57-/m1/s1. The van der Waals surface area contributed by atoms with Crippen molar-refractivity contribution in [2.45, 2.75) is 180 Å². The molecule has 1 saturated carbocycles. The van der Waals surface area contributed by atoms with E-state index < -0.39 is 71.8 Å². The third kappa shape index (κ3) is 16.1. The van der Waals surface area contributed by atoms with Crippen LogP contribution < -0.4 is 0 Å². The van der Waals surface area contributed by atoms with Crippen molar-refractivity contribution in [3.05, 3.63) is 59.8 Å². The van der Waals surface area contributed by atoms with Gasteiger partial charge in [0.05, 0.1) is 57.5 Å². The van der Waals surface area contributed by atoms with E-state index in [0.29, 0.717) is 76.8 Å². The van der Waals surface area contributed by atoms with Gasteiger partial charge in [-0.3, -0.25) is 14.4 Å². The fraction of sp³-hybridized carbons (Fsp3) is 0.754. The molecule has 2 unspecified atom stereocenters. The molecule has 15 atom stereocenters. The van der Waals surface area contributed by atoms with E-state index >= 15 is 0 Å². The highest BCUT2D eigenvalue weighted by molar-refractivity contribution is 6.39. The Labute approximate surface area is 429 Å². The molecule has 0 aromatic carbocycles. The molecule has 4 aliphatic heterocycles. The van der Waals surface area contributed by atoms with Gasteiger partial charge in [0, 0.05) is 51.4 Å². The first-order valence-electron chi connectivity index (χ1n) is 26.8. The van der Waals surface area contributed by atoms with Gasteiger partial charge in [-0.05, 0) is 118 Å². The van der Waals surface area contributed by atoms with Crippen LogP contribution in [0.1, 0.15) is 126 Å². The molecular weight excluding hydrogens is 923 g/mol. The van der Waals surface area contributed by atoms with Gasteiger partial charge >= 0.3 is 5.97 Å². The zero-order valence-electron chi connectivity index (χ0n) is 44.8. The second kappa shape index (κ2) is 28.5. The van der Waals surface area contributed by atoms with Crippen LogP contribution >= 0.6 is 0 Å². The Morgan fingerprint density at radius 3 is 2.31 bits per heavy atom. The number of rotatable bonds is 11. The molecule has 0 spiro atoms. The van der Waals surface area contributed by atoms with E-state index in [-0.39, 0.29) is 80.2 Å². The average Bonchev–Trinajstić information content (AvgIpc) is 3.34. The summed E-state index contributed by atoms with van der Waals surface area (Å²) in [6.45, 7) is 19.6. The predicted molar refractivity (Wildman–Crippen MR) is 273 cm³/mol. The van der Waals surface area contributed by atoms with Crippen LogP contribution in [0.15, 0.2) is 59.8 Å². The maximum Gasteiger partial charge on any atom is 0.329 e. The minimum atomic E-state index is -2.44. The van der Waals surface area contributed by atoms with Gasteiger partial charge in [0.2, 0.25) is 5.79 Å². The number of piperidine rings is 1. The minimum Gasteiger partial charge on any atom is -0.460 e. The first-order valence-corrected chi connectivity index (χ1v) is 26.8. The molecule has 0 aromatic rings. The van der Waals surface area contributed by atoms with Crippen molar-refractivity contribution in [2.24, 2.45) is 41.4 Å².